The molecule has 0 N–H and O–H groups in total. The van der Waals surface area contributed by atoms with Crippen molar-refractivity contribution in [3.63, 3.8) is 0 Å². The first-order valence-corrected chi connectivity index (χ1v) is 39.8. The maximum Gasteiger partial charge on any atom is 0.312 e. The fourth-order valence-electron chi connectivity index (χ4n) is 12.1. The number of benzene rings is 6. The number of carbonyl (C=O) groups excluding carboxylic acids is 6. The van der Waals surface area contributed by atoms with Gasteiger partial charge in [-0.2, -0.15) is 0 Å². The smallest absolute Gasteiger partial charge is 0.312 e. The Labute approximate surface area is 653 Å². The van der Waals surface area contributed by atoms with Gasteiger partial charge in [0, 0.05) is 0 Å². The second kappa shape index (κ2) is 42.5. The van der Waals surface area contributed by atoms with E-state index in [2.05, 4.69) is 88.4 Å². The molecule has 109 heavy (non-hydrogen) atoms. The molecule has 10 rings (SSSR count). The second-order valence-corrected chi connectivity index (χ2v) is 31.6. The molecule has 9 atom stereocenters. The van der Waals surface area contributed by atoms with Crippen LogP contribution in [0.3, 0.4) is 0 Å². The third kappa shape index (κ3) is 26.5. The summed E-state index contributed by atoms with van der Waals surface area (Å²) in [6.07, 6.45) is 10.7. The number of ether oxygens (including phenoxy) is 10. The molecule has 0 saturated heterocycles. The zero-order valence-electron chi connectivity index (χ0n) is 70.5. The molecular formula is C93H130O16. The van der Waals surface area contributed by atoms with Crippen LogP contribution >= 0.6 is 0 Å². The Morgan fingerprint density at radius 3 is 0.899 bits per heavy atom. The minimum absolute atomic E-state index is 0.0122. The van der Waals surface area contributed by atoms with Gasteiger partial charge in [0.25, 0.3) is 0 Å². The third-order valence-corrected chi connectivity index (χ3v) is 21.9. The van der Waals surface area contributed by atoms with Crippen molar-refractivity contribution in [2.45, 2.75) is 287 Å². The lowest BCUT2D eigenvalue weighted by Crippen LogP contribution is -2.27. The number of hydrogen-bond donors (Lipinski definition) is 0. The van der Waals surface area contributed by atoms with Crippen LogP contribution in [0.2, 0.25) is 0 Å². The van der Waals surface area contributed by atoms with Crippen LogP contribution in [0.5, 0.6) is 23.0 Å². The van der Waals surface area contributed by atoms with Gasteiger partial charge in [0.1, 0.15) is 36.6 Å². The number of fused-ring (bicyclic) bond motifs is 4. The van der Waals surface area contributed by atoms with Crippen LogP contribution < -0.4 is 18.9 Å². The lowest BCUT2D eigenvalue weighted by Gasteiger charge is -2.25. The van der Waals surface area contributed by atoms with E-state index in [1.54, 1.807) is 0 Å². The lowest BCUT2D eigenvalue weighted by atomic mass is 9.90. The molecule has 2 heterocycles. The van der Waals surface area contributed by atoms with Crippen molar-refractivity contribution in [2.75, 3.05) is 13.6 Å². The SMILES string of the molecule is CCC(C)(C)C(=O)OC(C)c1c(C)cccc1C.CCC(C)(C)C(=O)OC(C)c1ccc2c(c1)CCC2.CCC(C)(C)C(=O)OC(C)c1ccc2c(c1)OCO2.CCC(C)C(=O)OC(C)c1c(C)cccc1C.CCC(C)C(=O)OC(C)c1ccc2c(c1)CCC2.CCC(C)C(=O)OC(C)c1ccc2c(c1)OCO2. The molecule has 6 aromatic carbocycles. The van der Waals surface area contributed by atoms with Gasteiger partial charge in [-0.15, -0.1) is 0 Å². The van der Waals surface area contributed by atoms with Crippen molar-refractivity contribution in [1.82, 2.24) is 0 Å². The lowest BCUT2D eigenvalue weighted by molar-refractivity contribution is -0.160. The van der Waals surface area contributed by atoms with Crippen molar-refractivity contribution in [3.05, 3.63) is 187 Å². The maximum absolute atomic E-state index is 12.1. The minimum atomic E-state index is -0.454. The van der Waals surface area contributed by atoms with Crippen molar-refractivity contribution in [2.24, 2.45) is 34.0 Å². The molecule has 0 spiro atoms. The fourth-order valence-corrected chi connectivity index (χ4v) is 12.1. The highest BCUT2D eigenvalue weighted by Gasteiger charge is 2.33. The highest BCUT2D eigenvalue weighted by Crippen LogP contribution is 2.39. The standard InChI is InChI=1S/C17H24O2.C16H22O2.C16H24O2.C15H20O4.C15H22O2.C14H18O4/c1-5-17(3,4)16(18)19-12(2)14-10-9-13-7-6-8-15(13)11-14;1-4-11(2)16(17)18-12(3)14-9-8-13-6-5-7-15(13)10-14;1-7-16(5,6)15(17)18-13(4)14-11(2)9-8-10-12(14)3;1-5-15(3,4)14(16)19-10(2)11-6-7-12-13(8-11)18-9-17-12;1-6-10(2)15(16)17-13(5)14-11(3)8-7-9-12(14)4;1-4-9(2)14(15)18-10(3)11-5-6-12-13(7-11)17-8-16-12/h9-12H,5-8H2,1-4H3;8-12H,4-7H2,1-3H3;8-10,13H,7H2,1-6H3;6-8,10H,5,9H2,1-4H3;7-10,13H,6H2,1-5H3;5-7,9-10H,4,8H2,1-3H3. The number of rotatable bonds is 24. The molecule has 0 amide bonds. The third-order valence-electron chi connectivity index (χ3n) is 21.9. The van der Waals surface area contributed by atoms with Crippen LogP contribution in [0.15, 0.2) is 109 Å². The van der Waals surface area contributed by atoms with E-state index in [1.807, 2.05) is 194 Å². The number of aryl methyl sites for hydroxylation is 8. The van der Waals surface area contributed by atoms with Crippen LogP contribution in [-0.4, -0.2) is 49.4 Å². The van der Waals surface area contributed by atoms with E-state index in [4.69, 9.17) is 47.4 Å². The molecule has 6 aromatic rings. The molecule has 0 aromatic heterocycles. The molecule has 4 aliphatic rings. The first kappa shape index (κ1) is 91.0. The Balaban J connectivity index is 0.000000234. The summed E-state index contributed by atoms with van der Waals surface area (Å²) >= 11 is 0. The Morgan fingerprint density at radius 1 is 0.330 bits per heavy atom. The quantitative estimate of drug-likeness (QED) is 0.0410. The van der Waals surface area contributed by atoms with Gasteiger partial charge in [-0.3, -0.25) is 28.8 Å². The summed E-state index contributed by atoms with van der Waals surface area (Å²) in [5.41, 5.74) is 15.5. The highest BCUT2D eigenvalue weighted by molar-refractivity contribution is 5.77. The first-order chi connectivity index (χ1) is 51.4. The summed E-state index contributed by atoms with van der Waals surface area (Å²) in [4.78, 5) is 71.4. The highest BCUT2D eigenvalue weighted by atomic mass is 16.7. The monoisotopic (exact) mass is 1500 g/mol. The molecule has 598 valence electrons. The van der Waals surface area contributed by atoms with Gasteiger partial charge in [-0.1, -0.05) is 147 Å². The average Bonchev–Trinajstić information content (AvgIpc) is 1.36. The number of hydrogen-bond acceptors (Lipinski definition) is 16. The van der Waals surface area contributed by atoms with E-state index in [1.165, 1.54) is 70.2 Å². The van der Waals surface area contributed by atoms with Gasteiger partial charge in [0.15, 0.2) is 23.0 Å². The van der Waals surface area contributed by atoms with Gasteiger partial charge in [-0.25, -0.2) is 0 Å². The van der Waals surface area contributed by atoms with Crippen molar-refractivity contribution in [3.8, 4) is 23.0 Å². The molecule has 9 unspecified atom stereocenters. The number of esters is 6. The topological polar surface area (TPSA) is 195 Å². The van der Waals surface area contributed by atoms with Gasteiger partial charge < -0.3 is 47.4 Å². The second-order valence-electron chi connectivity index (χ2n) is 31.6. The van der Waals surface area contributed by atoms with E-state index in [0.29, 0.717) is 11.5 Å². The van der Waals surface area contributed by atoms with Crippen LogP contribution in [0.4, 0.5) is 0 Å². The summed E-state index contributed by atoms with van der Waals surface area (Å²) in [6.45, 7) is 49.4. The van der Waals surface area contributed by atoms with E-state index in [9.17, 15) is 28.8 Å². The molecule has 2 aliphatic carbocycles. The van der Waals surface area contributed by atoms with Crippen LogP contribution in [0, 0.1) is 61.7 Å². The zero-order chi connectivity index (χ0) is 81.3. The molecule has 0 saturated carbocycles. The summed E-state index contributed by atoms with van der Waals surface area (Å²) in [7, 11) is 0. The van der Waals surface area contributed by atoms with Crippen LogP contribution in [-0.2, 0) is 82.9 Å². The Morgan fingerprint density at radius 2 is 0.587 bits per heavy atom. The Hall–Kier alpha value is -8.66. The molecule has 0 radical (unpaired) electrons. The number of carbonyl (C=O) groups is 6. The minimum Gasteiger partial charge on any atom is -0.458 e. The molecule has 2 aliphatic heterocycles. The van der Waals surface area contributed by atoms with Crippen molar-refractivity contribution < 1.29 is 76.1 Å². The molecular weight excluding hydrogens is 1370 g/mol. The molecule has 16 nitrogen and oxygen atoms in total. The molecule has 0 bridgehead atoms. The Bertz CT molecular complexity index is 3760. The van der Waals surface area contributed by atoms with Gasteiger partial charge in [-0.05, 0) is 290 Å². The average molecular weight is 1500 g/mol. The fraction of sp³-hybridized carbons (Fsp3) is 0.548. The summed E-state index contributed by atoms with van der Waals surface area (Å²) in [5, 5.41) is 0. The predicted molar refractivity (Wildman–Crippen MR) is 432 cm³/mol. The summed E-state index contributed by atoms with van der Waals surface area (Å²) in [5.74, 6) is 1.99. The van der Waals surface area contributed by atoms with E-state index in [-0.39, 0.29) is 104 Å². The van der Waals surface area contributed by atoms with Gasteiger partial charge in [0.05, 0.1) is 34.0 Å². The normalized spacial score (nSPS) is 15.3. The Kier molecular flexibility index (Phi) is 35.5. The summed E-state index contributed by atoms with van der Waals surface area (Å²) < 4.78 is 54.3. The largest absolute Gasteiger partial charge is 0.458 e. The van der Waals surface area contributed by atoms with Crippen LogP contribution in [0.1, 0.15) is 311 Å². The molecule has 16 heteroatoms. The van der Waals surface area contributed by atoms with Crippen molar-refractivity contribution >= 4 is 35.8 Å². The molecule has 0 fully saturated rings. The maximum atomic E-state index is 12.1. The van der Waals surface area contributed by atoms with E-state index < -0.39 is 16.2 Å². The summed E-state index contributed by atoms with van der Waals surface area (Å²) in [6, 6.07) is 36.4. The zero-order valence-corrected chi connectivity index (χ0v) is 70.5. The predicted octanol–water partition coefficient (Wildman–Crippen LogP) is 22.9. The first-order valence-electron chi connectivity index (χ1n) is 39.8. The van der Waals surface area contributed by atoms with Gasteiger partial charge >= 0.3 is 35.8 Å². The van der Waals surface area contributed by atoms with E-state index in [0.717, 1.165) is 96.2 Å². The van der Waals surface area contributed by atoms with Gasteiger partial charge in [0.2, 0.25) is 13.6 Å². The van der Waals surface area contributed by atoms with Crippen LogP contribution in [0.25, 0.3) is 0 Å². The van der Waals surface area contributed by atoms with E-state index >= 15 is 0 Å². The van der Waals surface area contributed by atoms with Crippen molar-refractivity contribution in [1.29, 1.82) is 0 Å².